The van der Waals surface area contributed by atoms with Crippen molar-refractivity contribution in [3.63, 3.8) is 0 Å². The van der Waals surface area contributed by atoms with Crippen molar-refractivity contribution in [3.8, 4) is 0 Å². The van der Waals surface area contributed by atoms with E-state index in [4.69, 9.17) is 4.84 Å². The van der Waals surface area contributed by atoms with Crippen LogP contribution in [0.4, 0.5) is 5.13 Å². The first-order valence-corrected chi connectivity index (χ1v) is 5.74. The number of carbonyl (C=O) groups excluding carboxylic acids is 1. The van der Waals surface area contributed by atoms with E-state index in [-0.39, 0.29) is 5.91 Å². The molecule has 0 unspecified atom stereocenters. The lowest BCUT2D eigenvalue weighted by Gasteiger charge is -2.08. The molecule has 2 heterocycles. The third-order valence-electron chi connectivity index (χ3n) is 2.44. The van der Waals surface area contributed by atoms with E-state index in [1.54, 1.807) is 0 Å². The van der Waals surface area contributed by atoms with E-state index in [2.05, 4.69) is 4.98 Å². The minimum atomic E-state index is -0.142. The summed E-state index contributed by atoms with van der Waals surface area (Å²) in [6.45, 7) is 2.33. The predicted octanol–water partition coefficient (Wildman–Crippen LogP) is 2.09. The molecular weight excluding hydrogens is 224 g/mol. The largest absolute Gasteiger partial charge is 0.272 e. The van der Waals surface area contributed by atoms with Gasteiger partial charge in [0.25, 0.3) is 5.91 Å². The first-order valence-electron chi connectivity index (χ1n) is 4.92. The van der Waals surface area contributed by atoms with Crippen LogP contribution in [-0.2, 0) is 9.63 Å². The van der Waals surface area contributed by atoms with Crippen LogP contribution in [0.15, 0.2) is 18.2 Å². The van der Waals surface area contributed by atoms with Gasteiger partial charge in [-0.05, 0) is 18.6 Å². The molecule has 1 aliphatic heterocycles. The van der Waals surface area contributed by atoms with Crippen LogP contribution < -0.4 is 5.06 Å². The Morgan fingerprint density at radius 2 is 2.38 bits per heavy atom. The molecule has 16 heavy (non-hydrogen) atoms. The maximum Gasteiger partial charge on any atom is 0.259 e. The quantitative estimate of drug-likeness (QED) is 0.757. The summed E-state index contributed by atoms with van der Waals surface area (Å²) in [7, 11) is 0. The Balaban J connectivity index is 2.11. The highest BCUT2D eigenvalue weighted by Crippen LogP contribution is 2.31. The molecule has 2 aromatic rings. The lowest BCUT2D eigenvalue weighted by molar-refractivity contribution is -0.117. The van der Waals surface area contributed by atoms with Crippen molar-refractivity contribution in [2.75, 3.05) is 11.7 Å². The zero-order valence-electron chi connectivity index (χ0n) is 8.64. The highest BCUT2D eigenvalue weighted by molar-refractivity contribution is 7.22. The summed E-state index contributed by atoms with van der Waals surface area (Å²) in [5.74, 6) is -0.142. The fourth-order valence-electron chi connectivity index (χ4n) is 1.64. The van der Waals surface area contributed by atoms with Gasteiger partial charge in [0.05, 0.1) is 23.2 Å². The van der Waals surface area contributed by atoms with Crippen molar-refractivity contribution in [1.82, 2.24) is 4.98 Å². The summed E-state index contributed by atoms with van der Waals surface area (Å²) in [6, 6.07) is 5.98. The molecule has 1 fully saturated rings. The summed E-state index contributed by atoms with van der Waals surface area (Å²) in [5.41, 5.74) is 2.04. The Hall–Kier alpha value is -1.46. The van der Waals surface area contributed by atoms with Gasteiger partial charge in [-0.3, -0.25) is 9.63 Å². The molecule has 1 saturated heterocycles. The number of amides is 1. The van der Waals surface area contributed by atoms with E-state index in [1.807, 2.05) is 25.1 Å². The van der Waals surface area contributed by atoms with Crippen LogP contribution in [0.2, 0.25) is 0 Å². The first-order chi connectivity index (χ1) is 7.75. The second-order valence-corrected chi connectivity index (χ2v) is 4.56. The minimum Gasteiger partial charge on any atom is -0.272 e. The van der Waals surface area contributed by atoms with Gasteiger partial charge in [0.1, 0.15) is 0 Å². The lowest BCUT2D eigenvalue weighted by Crippen LogP contribution is -2.21. The van der Waals surface area contributed by atoms with Crippen molar-refractivity contribution in [2.45, 2.75) is 6.92 Å². The highest BCUT2D eigenvalue weighted by Gasteiger charge is 2.26. The summed E-state index contributed by atoms with van der Waals surface area (Å²) in [6.07, 6.45) is 1.50. The second kappa shape index (κ2) is 3.54. The number of hydrogen-bond donors (Lipinski definition) is 0. The molecule has 1 aliphatic rings. The van der Waals surface area contributed by atoms with E-state index >= 15 is 0 Å². The Bertz CT molecular complexity index is 564. The molecule has 1 aromatic carbocycles. The third kappa shape index (κ3) is 1.40. The summed E-state index contributed by atoms with van der Waals surface area (Å²) >= 11 is 1.46. The van der Waals surface area contributed by atoms with Gasteiger partial charge in [0.2, 0.25) is 5.13 Å². The molecule has 5 heteroatoms. The molecule has 0 bridgehead atoms. The Morgan fingerprint density at radius 1 is 1.50 bits per heavy atom. The average molecular weight is 233 g/mol. The zero-order valence-corrected chi connectivity index (χ0v) is 9.45. The van der Waals surface area contributed by atoms with Crippen LogP contribution in [0.25, 0.3) is 10.2 Å². The molecule has 0 aliphatic carbocycles. The van der Waals surface area contributed by atoms with Gasteiger partial charge < -0.3 is 0 Å². The van der Waals surface area contributed by atoms with Gasteiger partial charge in [-0.15, -0.1) is 0 Å². The third-order valence-corrected chi connectivity index (χ3v) is 3.43. The summed E-state index contributed by atoms with van der Waals surface area (Å²) in [5, 5.41) is 1.85. The SMILES string of the molecule is Cc1cccc2sc(N3OC[CH]C3=O)nc12. The van der Waals surface area contributed by atoms with Crippen LogP contribution in [0.1, 0.15) is 5.56 Å². The molecule has 1 radical (unpaired) electrons. The van der Waals surface area contributed by atoms with Crippen LogP contribution >= 0.6 is 11.3 Å². The number of rotatable bonds is 1. The van der Waals surface area contributed by atoms with Crippen LogP contribution in [0, 0.1) is 13.3 Å². The fraction of sp³-hybridized carbons (Fsp3) is 0.182. The van der Waals surface area contributed by atoms with E-state index < -0.39 is 0 Å². The standard InChI is InChI=1S/C11H9N2O2S/c1-7-3-2-4-8-10(7)12-11(16-8)13-9(14)5-6-15-13/h2-5H,6H2,1H3. The summed E-state index contributed by atoms with van der Waals surface area (Å²) < 4.78 is 1.07. The van der Waals surface area contributed by atoms with Gasteiger partial charge in [-0.2, -0.15) is 5.06 Å². The van der Waals surface area contributed by atoms with Crippen LogP contribution in [0.5, 0.6) is 0 Å². The van der Waals surface area contributed by atoms with Crippen LogP contribution in [0.3, 0.4) is 0 Å². The number of fused-ring (bicyclic) bond motifs is 1. The second-order valence-electron chi connectivity index (χ2n) is 3.55. The van der Waals surface area contributed by atoms with Gasteiger partial charge in [-0.1, -0.05) is 23.5 Å². The predicted molar refractivity (Wildman–Crippen MR) is 62.1 cm³/mol. The Kier molecular flexibility index (Phi) is 2.15. The molecule has 1 aromatic heterocycles. The van der Waals surface area contributed by atoms with E-state index in [9.17, 15) is 4.79 Å². The maximum absolute atomic E-state index is 11.4. The van der Waals surface area contributed by atoms with Crippen molar-refractivity contribution < 1.29 is 9.63 Å². The Morgan fingerprint density at radius 3 is 3.06 bits per heavy atom. The van der Waals surface area contributed by atoms with E-state index in [0.717, 1.165) is 15.8 Å². The van der Waals surface area contributed by atoms with Gasteiger partial charge in [0, 0.05) is 0 Å². The van der Waals surface area contributed by atoms with Gasteiger partial charge in [-0.25, -0.2) is 4.98 Å². The van der Waals surface area contributed by atoms with Crippen LogP contribution in [-0.4, -0.2) is 17.5 Å². The number of benzene rings is 1. The average Bonchev–Trinajstić information content (AvgIpc) is 2.84. The molecule has 0 N–H and O–H groups in total. The molecule has 1 amide bonds. The molecule has 81 valence electrons. The Labute approximate surface area is 96.4 Å². The number of carbonyl (C=O) groups is 1. The summed E-state index contributed by atoms with van der Waals surface area (Å²) in [4.78, 5) is 21.1. The van der Waals surface area contributed by atoms with E-state index in [0.29, 0.717) is 11.7 Å². The smallest absolute Gasteiger partial charge is 0.259 e. The number of aromatic nitrogens is 1. The molecule has 0 spiro atoms. The molecule has 0 saturated carbocycles. The number of para-hydroxylation sites is 1. The highest BCUT2D eigenvalue weighted by atomic mass is 32.1. The normalized spacial score (nSPS) is 16.3. The fourth-order valence-corrected chi connectivity index (χ4v) is 2.65. The molecule has 4 nitrogen and oxygen atoms in total. The van der Waals surface area contributed by atoms with Gasteiger partial charge in [0.15, 0.2) is 0 Å². The topological polar surface area (TPSA) is 42.4 Å². The van der Waals surface area contributed by atoms with Crippen molar-refractivity contribution >= 4 is 32.6 Å². The maximum atomic E-state index is 11.4. The number of aryl methyl sites for hydroxylation is 1. The monoisotopic (exact) mass is 233 g/mol. The molecule has 0 atom stereocenters. The molecule has 3 rings (SSSR count). The number of nitrogens with zero attached hydrogens (tertiary/aromatic N) is 2. The van der Waals surface area contributed by atoms with Gasteiger partial charge >= 0.3 is 0 Å². The zero-order chi connectivity index (χ0) is 11.1. The lowest BCUT2D eigenvalue weighted by atomic mass is 10.2. The molecular formula is C11H9N2O2S. The number of thiazole rings is 1. The number of anilines is 1. The number of hydrogen-bond acceptors (Lipinski definition) is 4. The minimum absolute atomic E-state index is 0.142. The first kappa shape index (κ1) is 9.74. The van der Waals surface area contributed by atoms with Crippen molar-refractivity contribution in [2.24, 2.45) is 0 Å². The van der Waals surface area contributed by atoms with Crippen molar-refractivity contribution in [1.29, 1.82) is 0 Å². The van der Waals surface area contributed by atoms with E-state index in [1.165, 1.54) is 22.8 Å². The van der Waals surface area contributed by atoms with Crippen molar-refractivity contribution in [3.05, 3.63) is 30.2 Å². The number of hydroxylamine groups is 1.